The fourth-order valence-electron chi connectivity index (χ4n) is 5.33. The number of piperazine rings is 1. The standard InChI is InChI=1S/C28H28F2N8O2/c1-18-25(38(20-4-2-5-31-16-20)23-17-40-13-8-32-23)24-21(30)14-19(29)15-22(24)35-27(18)36-9-11-37(12-10-36)28(39)26-33-6-3-7-34-26/h2-7,14-16,23,32H,8-13,17H2,1H3. The summed E-state index contributed by atoms with van der Waals surface area (Å²) in [6, 6.07) is 7.51. The van der Waals surface area contributed by atoms with E-state index in [2.05, 4.69) is 20.3 Å². The van der Waals surface area contributed by atoms with Crippen molar-refractivity contribution in [3.8, 4) is 0 Å². The van der Waals surface area contributed by atoms with Gasteiger partial charge >= 0.3 is 0 Å². The minimum absolute atomic E-state index is 0.151. The minimum atomic E-state index is -0.705. The lowest BCUT2D eigenvalue weighted by Gasteiger charge is -2.40. The largest absolute Gasteiger partial charge is 0.377 e. The Bertz CT molecular complexity index is 1510. The first-order valence-electron chi connectivity index (χ1n) is 13.1. The first-order valence-corrected chi connectivity index (χ1v) is 13.1. The smallest absolute Gasteiger partial charge is 0.291 e. The van der Waals surface area contributed by atoms with E-state index in [-0.39, 0.29) is 28.8 Å². The van der Waals surface area contributed by atoms with Gasteiger partial charge in [-0.3, -0.25) is 15.1 Å². The molecule has 1 N–H and O–H groups in total. The van der Waals surface area contributed by atoms with E-state index in [1.807, 2.05) is 28.9 Å². The van der Waals surface area contributed by atoms with Crippen LogP contribution in [0.4, 0.5) is 26.0 Å². The molecular weight excluding hydrogens is 518 g/mol. The minimum Gasteiger partial charge on any atom is -0.377 e. The molecule has 4 aromatic rings. The molecule has 1 unspecified atom stereocenters. The first kappa shape index (κ1) is 26.0. The summed E-state index contributed by atoms with van der Waals surface area (Å²) in [5.41, 5.74) is 2.22. The number of nitrogens with one attached hydrogen (secondary N) is 1. The lowest BCUT2D eigenvalue weighted by atomic mass is 10.0. The van der Waals surface area contributed by atoms with E-state index in [0.717, 1.165) is 17.3 Å². The second-order valence-corrected chi connectivity index (χ2v) is 9.67. The van der Waals surface area contributed by atoms with Crippen molar-refractivity contribution in [1.29, 1.82) is 0 Å². The second-order valence-electron chi connectivity index (χ2n) is 9.67. The van der Waals surface area contributed by atoms with Gasteiger partial charge in [0.1, 0.15) is 23.6 Å². The van der Waals surface area contributed by atoms with Crippen LogP contribution in [0.15, 0.2) is 55.1 Å². The summed E-state index contributed by atoms with van der Waals surface area (Å²) < 4.78 is 35.8. The van der Waals surface area contributed by atoms with Gasteiger partial charge in [-0.15, -0.1) is 0 Å². The highest BCUT2D eigenvalue weighted by molar-refractivity contribution is 5.98. The normalized spacial score (nSPS) is 17.7. The number of pyridine rings is 2. The summed E-state index contributed by atoms with van der Waals surface area (Å²) in [6.07, 6.45) is 6.14. The lowest BCUT2D eigenvalue weighted by molar-refractivity contribution is 0.0734. The fraction of sp³-hybridized carbons (Fsp3) is 0.321. The van der Waals surface area contributed by atoms with Crippen molar-refractivity contribution in [3.63, 3.8) is 0 Å². The second kappa shape index (κ2) is 11.1. The number of nitrogens with zero attached hydrogens (tertiary/aromatic N) is 7. The molecule has 12 heteroatoms. The van der Waals surface area contributed by atoms with Gasteiger partial charge in [-0.2, -0.15) is 0 Å². The number of carbonyl (C=O) groups is 1. The van der Waals surface area contributed by atoms with Crippen LogP contribution < -0.4 is 15.1 Å². The average molecular weight is 547 g/mol. The lowest BCUT2D eigenvalue weighted by Crippen LogP contribution is -2.52. The third-order valence-corrected chi connectivity index (χ3v) is 7.19. The van der Waals surface area contributed by atoms with Crippen molar-refractivity contribution in [3.05, 3.63) is 78.1 Å². The predicted molar refractivity (Wildman–Crippen MR) is 146 cm³/mol. The molecule has 1 atom stereocenters. The molecule has 3 aromatic heterocycles. The van der Waals surface area contributed by atoms with Crippen LogP contribution in [-0.4, -0.2) is 82.8 Å². The number of morpholine rings is 1. The SMILES string of the molecule is Cc1c(N2CCN(C(=O)c3ncccn3)CC2)nc2cc(F)cc(F)c2c1N(c1cccnc1)C1COCCN1. The molecule has 0 spiro atoms. The van der Waals surface area contributed by atoms with Crippen molar-refractivity contribution in [2.75, 3.05) is 55.7 Å². The van der Waals surface area contributed by atoms with E-state index in [4.69, 9.17) is 9.72 Å². The molecule has 2 aliphatic heterocycles. The van der Waals surface area contributed by atoms with Crippen LogP contribution in [0.1, 0.15) is 16.2 Å². The molecule has 1 aromatic carbocycles. The van der Waals surface area contributed by atoms with Gasteiger partial charge in [-0.25, -0.2) is 23.7 Å². The van der Waals surface area contributed by atoms with Gasteiger partial charge in [0.25, 0.3) is 5.91 Å². The number of amides is 1. The van der Waals surface area contributed by atoms with Crippen LogP contribution in [0.2, 0.25) is 0 Å². The maximum Gasteiger partial charge on any atom is 0.291 e. The Balaban J connectivity index is 1.42. The number of halogens is 2. The highest BCUT2D eigenvalue weighted by Crippen LogP contribution is 2.41. The van der Waals surface area contributed by atoms with E-state index >= 15 is 4.39 Å². The summed E-state index contributed by atoms with van der Waals surface area (Å²) in [5.74, 6) is -0.890. The number of fused-ring (bicyclic) bond motifs is 1. The van der Waals surface area contributed by atoms with Crippen molar-refractivity contribution in [2.24, 2.45) is 0 Å². The van der Waals surface area contributed by atoms with Gasteiger partial charge in [-0.05, 0) is 25.1 Å². The topological polar surface area (TPSA) is 99.6 Å². The maximum atomic E-state index is 15.6. The number of ether oxygens (including phenoxy) is 1. The summed E-state index contributed by atoms with van der Waals surface area (Å²) in [7, 11) is 0. The molecule has 2 aliphatic rings. The molecule has 206 valence electrons. The maximum absolute atomic E-state index is 15.6. The molecule has 5 heterocycles. The molecule has 10 nitrogen and oxygen atoms in total. The molecule has 0 bridgehead atoms. The molecule has 40 heavy (non-hydrogen) atoms. The number of rotatable bonds is 5. The number of hydrogen-bond acceptors (Lipinski definition) is 9. The molecule has 0 aliphatic carbocycles. The zero-order valence-electron chi connectivity index (χ0n) is 21.9. The summed E-state index contributed by atoms with van der Waals surface area (Å²) in [5, 5.41) is 3.67. The van der Waals surface area contributed by atoms with Gasteiger partial charge in [-0.1, -0.05) is 0 Å². The van der Waals surface area contributed by atoms with Crippen LogP contribution >= 0.6 is 0 Å². The van der Waals surface area contributed by atoms with E-state index < -0.39 is 11.6 Å². The average Bonchev–Trinajstić information content (AvgIpc) is 2.99. The Morgan fingerprint density at radius 3 is 2.60 bits per heavy atom. The Morgan fingerprint density at radius 2 is 1.90 bits per heavy atom. The third kappa shape index (κ3) is 4.91. The highest BCUT2D eigenvalue weighted by Gasteiger charge is 2.32. The number of hydrogen-bond donors (Lipinski definition) is 1. The van der Waals surface area contributed by atoms with Gasteiger partial charge in [0.2, 0.25) is 5.82 Å². The van der Waals surface area contributed by atoms with Gasteiger partial charge in [0.15, 0.2) is 0 Å². The first-order chi connectivity index (χ1) is 19.5. The van der Waals surface area contributed by atoms with E-state index in [1.165, 1.54) is 6.07 Å². The van der Waals surface area contributed by atoms with Crippen LogP contribution in [0.5, 0.6) is 0 Å². The fourth-order valence-corrected chi connectivity index (χ4v) is 5.33. The highest BCUT2D eigenvalue weighted by atomic mass is 19.1. The number of benzene rings is 1. The number of carbonyl (C=O) groups excluding carboxylic acids is 1. The predicted octanol–water partition coefficient (Wildman–Crippen LogP) is 3.05. The van der Waals surface area contributed by atoms with Crippen LogP contribution in [0, 0.1) is 18.6 Å². The summed E-state index contributed by atoms with van der Waals surface area (Å²) in [6.45, 7) is 5.24. The molecule has 0 saturated carbocycles. The molecule has 6 rings (SSSR count). The quantitative estimate of drug-likeness (QED) is 0.405. The molecule has 2 fully saturated rings. The number of anilines is 3. The van der Waals surface area contributed by atoms with Gasteiger partial charge in [0, 0.05) is 69.0 Å². The van der Waals surface area contributed by atoms with Crippen LogP contribution in [0.3, 0.4) is 0 Å². The Hall–Kier alpha value is -4.29. The van der Waals surface area contributed by atoms with Crippen LogP contribution in [0.25, 0.3) is 10.9 Å². The van der Waals surface area contributed by atoms with Gasteiger partial charge < -0.3 is 19.4 Å². The van der Waals surface area contributed by atoms with E-state index in [9.17, 15) is 9.18 Å². The van der Waals surface area contributed by atoms with Crippen LogP contribution in [-0.2, 0) is 4.74 Å². The van der Waals surface area contributed by atoms with E-state index in [1.54, 1.807) is 35.8 Å². The van der Waals surface area contributed by atoms with Crippen molar-refractivity contribution >= 4 is 34.0 Å². The third-order valence-electron chi connectivity index (χ3n) is 7.19. The summed E-state index contributed by atoms with van der Waals surface area (Å²) >= 11 is 0. The zero-order chi connectivity index (χ0) is 27.6. The monoisotopic (exact) mass is 546 g/mol. The summed E-state index contributed by atoms with van der Waals surface area (Å²) in [4.78, 5) is 35.8. The van der Waals surface area contributed by atoms with Crippen molar-refractivity contribution in [1.82, 2.24) is 30.2 Å². The Labute approximate surface area is 229 Å². The Morgan fingerprint density at radius 1 is 1.10 bits per heavy atom. The van der Waals surface area contributed by atoms with Crippen molar-refractivity contribution in [2.45, 2.75) is 13.1 Å². The van der Waals surface area contributed by atoms with E-state index in [0.29, 0.717) is 57.4 Å². The molecule has 2 saturated heterocycles. The molecule has 1 amide bonds. The van der Waals surface area contributed by atoms with Gasteiger partial charge in [0.05, 0.1) is 41.7 Å². The zero-order valence-corrected chi connectivity index (χ0v) is 21.9. The van der Waals surface area contributed by atoms with Crippen molar-refractivity contribution < 1.29 is 18.3 Å². The molecule has 0 radical (unpaired) electrons. The number of aromatic nitrogens is 4. The molecular formula is C28H28F2N8O2. The Kier molecular flexibility index (Phi) is 7.18.